The van der Waals surface area contributed by atoms with Crippen LogP contribution in [0.2, 0.25) is 0 Å². The molecule has 2 N–H and O–H groups in total. The normalized spacial score (nSPS) is 11.6. The first-order valence-electron chi connectivity index (χ1n) is 13.6. The maximum atomic E-state index is 13.8. The third kappa shape index (κ3) is 8.11. The van der Waals surface area contributed by atoms with E-state index >= 15 is 0 Å². The van der Waals surface area contributed by atoms with Crippen molar-refractivity contribution in [3.05, 3.63) is 45.4 Å². The maximum absolute atomic E-state index is 13.8. The fraction of sp³-hybridized carbons (Fsp3) is 0.586. The van der Waals surface area contributed by atoms with Crippen molar-refractivity contribution in [2.45, 2.75) is 98.1 Å². The topological polar surface area (TPSA) is 69.0 Å². The van der Waals surface area contributed by atoms with E-state index in [0.717, 1.165) is 69.2 Å². The summed E-state index contributed by atoms with van der Waals surface area (Å²) in [4.78, 5) is 31.6. The average molecular weight is 522 g/mol. The number of carbonyl (C=O) groups excluding carboxylic acids is 1. The molecule has 0 saturated heterocycles. The highest BCUT2D eigenvalue weighted by Gasteiger charge is 2.34. The fourth-order valence-electron chi connectivity index (χ4n) is 4.80. The second-order valence-electron chi connectivity index (χ2n) is 9.47. The molecule has 0 spiro atoms. The Morgan fingerprint density at radius 2 is 1.54 bits per heavy atom. The van der Waals surface area contributed by atoms with Crippen LogP contribution in [0.15, 0.2) is 23.0 Å². The summed E-state index contributed by atoms with van der Waals surface area (Å²) in [6.45, 7) is 8.84. The molecule has 1 amide bonds. The molecule has 0 fully saturated rings. The zero-order valence-electron chi connectivity index (χ0n) is 22.9. The van der Waals surface area contributed by atoms with Gasteiger partial charge in [-0.3, -0.25) is 9.59 Å². The number of hydrogen-bond acceptors (Lipinski definition) is 2. The highest BCUT2D eigenvalue weighted by Crippen LogP contribution is 2.39. The number of H-pyrrole nitrogens is 2. The summed E-state index contributed by atoms with van der Waals surface area (Å²) < 4.78 is 41.4. The van der Waals surface area contributed by atoms with Crippen molar-refractivity contribution in [3.8, 4) is 0 Å². The number of amides is 1. The van der Waals surface area contributed by atoms with E-state index in [0.29, 0.717) is 29.8 Å². The number of fused-ring (bicyclic) bond motifs is 3. The van der Waals surface area contributed by atoms with Gasteiger partial charge in [0.2, 0.25) is 11.5 Å². The van der Waals surface area contributed by atoms with Crippen LogP contribution in [-0.2, 0) is 17.4 Å². The Morgan fingerprint density at radius 3 is 2.19 bits per heavy atom. The Kier molecular flexibility index (Phi) is 11.7. The van der Waals surface area contributed by atoms with Crippen LogP contribution in [0, 0.1) is 6.92 Å². The van der Waals surface area contributed by atoms with E-state index in [1.54, 1.807) is 6.07 Å². The maximum Gasteiger partial charge on any atom is 0.417 e. The lowest BCUT2D eigenvalue weighted by Gasteiger charge is -2.16. The second kappa shape index (κ2) is 14.2. The first-order valence-corrected chi connectivity index (χ1v) is 13.6. The van der Waals surface area contributed by atoms with Gasteiger partial charge in [-0.15, -0.1) is 0 Å². The molecule has 2 aromatic heterocycles. The molecule has 1 aromatic carbocycles. The van der Waals surface area contributed by atoms with Crippen molar-refractivity contribution in [2.24, 2.45) is 0 Å². The summed E-state index contributed by atoms with van der Waals surface area (Å²) in [6.07, 6.45) is 4.51. The van der Waals surface area contributed by atoms with E-state index in [1.807, 2.05) is 32.7 Å². The highest BCUT2D eigenvalue weighted by molar-refractivity contribution is 6.09. The second-order valence-corrected chi connectivity index (χ2v) is 9.47. The van der Waals surface area contributed by atoms with Crippen LogP contribution in [0.1, 0.15) is 95.4 Å². The number of pyridine rings is 1. The van der Waals surface area contributed by atoms with Gasteiger partial charge in [0.1, 0.15) is 0 Å². The quantitative estimate of drug-likeness (QED) is 0.238. The SMILES string of the molecule is CC.CCCCCN(C)C(=O)CCCCCCCc1c(C)[nH]c2ccc3[nH]c(=O)cc(C(F)(F)F)c3c12. The molecule has 0 saturated carbocycles. The summed E-state index contributed by atoms with van der Waals surface area (Å²) in [5.41, 5.74) is 0.900. The Morgan fingerprint density at radius 1 is 0.919 bits per heavy atom. The molecule has 2 heterocycles. The van der Waals surface area contributed by atoms with Crippen LogP contribution in [0.25, 0.3) is 21.8 Å². The first-order chi connectivity index (χ1) is 17.6. The van der Waals surface area contributed by atoms with Crippen molar-refractivity contribution < 1.29 is 18.0 Å². The minimum Gasteiger partial charge on any atom is -0.358 e. The van der Waals surface area contributed by atoms with Crippen molar-refractivity contribution in [1.82, 2.24) is 14.9 Å². The lowest BCUT2D eigenvalue weighted by atomic mass is 9.97. The molecule has 0 aliphatic rings. The molecule has 0 radical (unpaired) electrons. The zero-order chi connectivity index (χ0) is 27.6. The Hall–Kier alpha value is -2.77. The lowest BCUT2D eigenvalue weighted by Crippen LogP contribution is -2.27. The van der Waals surface area contributed by atoms with Gasteiger partial charge >= 0.3 is 6.18 Å². The average Bonchev–Trinajstić information content (AvgIpc) is 3.18. The molecule has 3 aromatic rings. The van der Waals surface area contributed by atoms with Crippen LogP contribution in [-0.4, -0.2) is 34.4 Å². The Labute approximate surface area is 217 Å². The number of aryl methyl sites for hydroxylation is 2. The molecule has 0 aliphatic heterocycles. The molecule has 37 heavy (non-hydrogen) atoms. The Bertz CT molecular complexity index is 1210. The van der Waals surface area contributed by atoms with E-state index < -0.39 is 17.3 Å². The summed E-state index contributed by atoms with van der Waals surface area (Å²) in [7, 11) is 1.87. The molecule has 0 aliphatic carbocycles. The molecule has 5 nitrogen and oxygen atoms in total. The summed E-state index contributed by atoms with van der Waals surface area (Å²) >= 11 is 0. The fourth-order valence-corrected chi connectivity index (χ4v) is 4.80. The van der Waals surface area contributed by atoms with E-state index in [4.69, 9.17) is 0 Å². The number of benzene rings is 1. The molecule has 0 unspecified atom stereocenters. The van der Waals surface area contributed by atoms with Gasteiger partial charge in [0.15, 0.2) is 0 Å². The number of nitrogens with zero attached hydrogens (tertiary/aromatic N) is 1. The zero-order valence-corrected chi connectivity index (χ0v) is 22.9. The molecule has 0 atom stereocenters. The number of aromatic amines is 2. The summed E-state index contributed by atoms with van der Waals surface area (Å²) in [6, 6.07) is 3.90. The number of halogens is 3. The minimum absolute atomic E-state index is 0.0514. The third-order valence-corrected chi connectivity index (χ3v) is 6.73. The molecule has 0 bridgehead atoms. The molecule has 8 heteroatoms. The molecule has 3 rings (SSSR count). The summed E-state index contributed by atoms with van der Waals surface area (Å²) in [5.74, 6) is 0.195. The van der Waals surface area contributed by atoms with E-state index in [2.05, 4.69) is 16.9 Å². The van der Waals surface area contributed by atoms with Gasteiger partial charge < -0.3 is 14.9 Å². The lowest BCUT2D eigenvalue weighted by molar-refractivity contribution is -0.136. The van der Waals surface area contributed by atoms with Gasteiger partial charge in [0, 0.05) is 53.6 Å². The number of unbranched alkanes of at least 4 members (excludes halogenated alkanes) is 6. The minimum atomic E-state index is -4.62. The van der Waals surface area contributed by atoms with Gasteiger partial charge in [-0.1, -0.05) is 52.9 Å². The number of rotatable bonds is 12. The molecule has 206 valence electrons. The van der Waals surface area contributed by atoms with Crippen LogP contribution in [0.5, 0.6) is 0 Å². The number of aromatic nitrogens is 2. The van der Waals surface area contributed by atoms with Crippen molar-refractivity contribution >= 4 is 27.7 Å². The van der Waals surface area contributed by atoms with E-state index in [-0.39, 0.29) is 16.8 Å². The van der Waals surface area contributed by atoms with Gasteiger partial charge in [0.25, 0.3) is 0 Å². The Balaban J connectivity index is 0.00000235. The van der Waals surface area contributed by atoms with Gasteiger partial charge in [-0.2, -0.15) is 13.2 Å². The van der Waals surface area contributed by atoms with Gasteiger partial charge in [-0.05, 0) is 50.3 Å². The number of nitrogens with one attached hydrogen (secondary N) is 2. The van der Waals surface area contributed by atoms with Crippen LogP contribution in [0.4, 0.5) is 13.2 Å². The van der Waals surface area contributed by atoms with Crippen LogP contribution >= 0.6 is 0 Å². The number of hydrogen-bond donors (Lipinski definition) is 2. The van der Waals surface area contributed by atoms with Gasteiger partial charge in [0.05, 0.1) is 5.56 Å². The number of carbonyl (C=O) groups is 1. The highest BCUT2D eigenvalue weighted by atomic mass is 19.4. The van der Waals surface area contributed by atoms with Crippen LogP contribution in [0.3, 0.4) is 0 Å². The predicted octanol–water partition coefficient (Wildman–Crippen LogP) is 7.89. The standard InChI is InChI=1S/C27H36F3N3O2.C2H6/c1-4-5-11-16-33(3)24(35)13-10-8-6-7-9-12-19-18(2)31-21-14-15-22-26(25(19)21)20(27(28,29)30)17-23(34)32-22;1-2/h14-15,17,31H,4-13,16H2,1-3H3,(H,32,34);1-2H3. The van der Waals surface area contributed by atoms with Crippen molar-refractivity contribution in [1.29, 1.82) is 0 Å². The smallest absolute Gasteiger partial charge is 0.358 e. The monoisotopic (exact) mass is 521 g/mol. The summed E-state index contributed by atoms with van der Waals surface area (Å²) in [5, 5.41) is 0.593. The first kappa shape index (κ1) is 30.5. The number of alkyl halides is 3. The molecular weight excluding hydrogens is 479 g/mol. The predicted molar refractivity (Wildman–Crippen MR) is 146 cm³/mol. The van der Waals surface area contributed by atoms with Crippen molar-refractivity contribution in [3.63, 3.8) is 0 Å². The van der Waals surface area contributed by atoms with E-state index in [1.165, 1.54) is 6.07 Å². The van der Waals surface area contributed by atoms with Crippen molar-refractivity contribution in [2.75, 3.05) is 13.6 Å². The largest absolute Gasteiger partial charge is 0.417 e. The van der Waals surface area contributed by atoms with Gasteiger partial charge in [-0.25, -0.2) is 0 Å². The van der Waals surface area contributed by atoms with Crippen LogP contribution < -0.4 is 5.56 Å². The molecular formula is C29H42F3N3O2. The van der Waals surface area contributed by atoms with E-state index in [9.17, 15) is 22.8 Å². The third-order valence-electron chi connectivity index (χ3n) is 6.73.